The van der Waals surface area contributed by atoms with Crippen molar-refractivity contribution in [2.75, 3.05) is 29.6 Å². The Balaban J connectivity index is 1.94. The quantitative estimate of drug-likeness (QED) is 0.704. The lowest BCUT2D eigenvalue weighted by Gasteiger charge is -2.29. The van der Waals surface area contributed by atoms with E-state index in [1.807, 2.05) is 6.92 Å². The van der Waals surface area contributed by atoms with Crippen molar-refractivity contribution in [2.45, 2.75) is 24.9 Å². The van der Waals surface area contributed by atoms with E-state index in [0.29, 0.717) is 6.42 Å². The van der Waals surface area contributed by atoms with Crippen LogP contribution in [0.15, 0.2) is 0 Å². The van der Waals surface area contributed by atoms with E-state index in [4.69, 9.17) is 0 Å². The van der Waals surface area contributed by atoms with Crippen LogP contribution in [0.4, 0.5) is 0 Å². The van der Waals surface area contributed by atoms with E-state index in [1.54, 1.807) is 11.8 Å². The Labute approximate surface area is 106 Å². The second kappa shape index (κ2) is 4.78. The molecule has 17 heavy (non-hydrogen) atoms. The Morgan fingerprint density at radius 1 is 1.53 bits per heavy atom. The molecule has 2 atom stereocenters. The van der Waals surface area contributed by atoms with E-state index in [1.165, 1.54) is 0 Å². The molecule has 0 radical (unpaired) electrons. The zero-order valence-corrected chi connectivity index (χ0v) is 11.5. The summed E-state index contributed by atoms with van der Waals surface area (Å²) in [6, 6.07) is -0.186. The molecule has 2 rings (SSSR count). The van der Waals surface area contributed by atoms with Crippen LogP contribution >= 0.6 is 11.8 Å². The highest BCUT2D eigenvalue weighted by atomic mass is 32.2. The van der Waals surface area contributed by atoms with Gasteiger partial charge in [-0.3, -0.25) is 4.79 Å². The Morgan fingerprint density at radius 3 is 2.82 bits per heavy atom. The largest absolute Gasteiger partial charge is 0.349 e. The van der Waals surface area contributed by atoms with Crippen molar-refractivity contribution in [1.29, 1.82) is 0 Å². The van der Waals surface area contributed by atoms with E-state index in [0.717, 1.165) is 18.1 Å². The molecule has 0 aromatic carbocycles. The van der Waals surface area contributed by atoms with Gasteiger partial charge in [0.1, 0.15) is 0 Å². The number of sulfone groups is 1. The first-order valence-electron chi connectivity index (χ1n) is 5.74. The maximum absolute atomic E-state index is 12.0. The van der Waals surface area contributed by atoms with Crippen LogP contribution in [0.5, 0.6) is 0 Å². The number of carbonyl (C=O) groups excluding carboxylic acids is 1. The topological polar surface area (TPSA) is 75.3 Å². The molecule has 2 aliphatic rings. The molecule has 2 aliphatic heterocycles. The summed E-state index contributed by atoms with van der Waals surface area (Å²) in [5, 5.41) is 6.04. The third-order valence-electron chi connectivity index (χ3n) is 3.17. The molecule has 0 spiro atoms. The maximum Gasteiger partial charge on any atom is 0.238 e. The first kappa shape index (κ1) is 13.2. The van der Waals surface area contributed by atoms with E-state index in [-0.39, 0.29) is 23.5 Å². The summed E-state index contributed by atoms with van der Waals surface area (Å²) in [5.74, 6) is 1.95. The fourth-order valence-electron chi connectivity index (χ4n) is 2.23. The van der Waals surface area contributed by atoms with Crippen LogP contribution in [0.25, 0.3) is 0 Å². The summed E-state index contributed by atoms with van der Waals surface area (Å²) in [7, 11) is -2.97. The smallest absolute Gasteiger partial charge is 0.238 e. The second-order valence-corrected chi connectivity index (χ2v) is 8.31. The summed E-state index contributed by atoms with van der Waals surface area (Å²) in [6.45, 7) is 2.64. The number of amides is 1. The lowest BCUT2D eigenvalue weighted by Crippen LogP contribution is -2.56. The van der Waals surface area contributed by atoms with E-state index >= 15 is 0 Å². The molecule has 0 aromatic heterocycles. The lowest BCUT2D eigenvalue weighted by molar-refractivity contribution is -0.124. The summed E-state index contributed by atoms with van der Waals surface area (Å²) in [4.78, 5) is 12.0. The lowest BCUT2D eigenvalue weighted by atomic mass is 10.0. The number of hydrogen-bond donors (Lipinski definition) is 2. The molecule has 2 fully saturated rings. The SMILES string of the molecule is CC1(NC(=O)C2CSCCN2)CCS(=O)(=O)C1. The molecule has 2 saturated heterocycles. The van der Waals surface area contributed by atoms with Crippen molar-refractivity contribution >= 4 is 27.5 Å². The first-order valence-corrected chi connectivity index (χ1v) is 8.71. The van der Waals surface area contributed by atoms with Gasteiger partial charge < -0.3 is 10.6 Å². The van der Waals surface area contributed by atoms with Crippen LogP contribution in [-0.2, 0) is 14.6 Å². The van der Waals surface area contributed by atoms with Gasteiger partial charge >= 0.3 is 0 Å². The molecular weight excluding hydrogens is 260 g/mol. The first-order chi connectivity index (χ1) is 7.90. The van der Waals surface area contributed by atoms with Crippen molar-refractivity contribution in [3.05, 3.63) is 0 Å². The minimum atomic E-state index is -2.97. The van der Waals surface area contributed by atoms with Crippen LogP contribution < -0.4 is 10.6 Å². The molecule has 0 aliphatic carbocycles. The van der Waals surface area contributed by atoms with Gasteiger partial charge in [-0.1, -0.05) is 0 Å². The average molecular weight is 278 g/mol. The standard InChI is InChI=1S/C10H18N2O3S2/c1-10(2-5-17(14,15)7-10)12-9(13)8-6-16-4-3-11-8/h8,11H,2-7H2,1H3,(H,12,13). The maximum atomic E-state index is 12.0. The Morgan fingerprint density at radius 2 is 2.29 bits per heavy atom. The van der Waals surface area contributed by atoms with Gasteiger partial charge in [-0.15, -0.1) is 0 Å². The molecule has 5 nitrogen and oxygen atoms in total. The van der Waals surface area contributed by atoms with Gasteiger partial charge in [0.15, 0.2) is 9.84 Å². The number of carbonyl (C=O) groups is 1. The molecule has 7 heteroatoms. The van der Waals surface area contributed by atoms with Crippen LogP contribution in [0.2, 0.25) is 0 Å². The number of rotatable bonds is 2. The van der Waals surface area contributed by atoms with Gasteiger partial charge in [-0.2, -0.15) is 11.8 Å². The van der Waals surface area contributed by atoms with E-state index in [9.17, 15) is 13.2 Å². The molecule has 0 saturated carbocycles. The van der Waals surface area contributed by atoms with Crippen LogP contribution in [0.3, 0.4) is 0 Å². The highest BCUT2D eigenvalue weighted by Gasteiger charge is 2.40. The Hall–Kier alpha value is -0.270. The predicted molar refractivity (Wildman–Crippen MR) is 68.9 cm³/mol. The third kappa shape index (κ3) is 3.35. The fourth-order valence-corrected chi connectivity index (χ4v) is 5.25. The van der Waals surface area contributed by atoms with Gasteiger partial charge in [0.2, 0.25) is 5.91 Å². The van der Waals surface area contributed by atoms with Gasteiger partial charge in [0, 0.05) is 18.1 Å². The van der Waals surface area contributed by atoms with Gasteiger partial charge in [0.05, 0.1) is 23.1 Å². The third-order valence-corrected chi connectivity index (χ3v) is 6.13. The van der Waals surface area contributed by atoms with Crippen LogP contribution in [0.1, 0.15) is 13.3 Å². The molecule has 0 bridgehead atoms. The van der Waals surface area contributed by atoms with Crippen molar-refractivity contribution in [1.82, 2.24) is 10.6 Å². The zero-order valence-electron chi connectivity index (χ0n) is 9.86. The summed E-state index contributed by atoms with van der Waals surface area (Å²) < 4.78 is 22.9. The van der Waals surface area contributed by atoms with Crippen molar-refractivity contribution in [3.63, 3.8) is 0 Å². The van der Waals surface area contributed by atoms with Crippen LogP contribution in [0, 0.1) is 0 Å². The Kier molecular flexibility index (Phi) is 3.70. The molecule has 2 N–H and O–H groups in total. The molecule has 2 unspecified atom stereocenters. The number of nitrogens with one attached hydrogen (secondary N) is 2. The molecular formula is C10H18N2O3S2. The second-order valence-electron chi connectivity index (χ2n) is 4.97. The van der Waals surface area contributed by atoms with Crippen molar-refractivity contribution < 1.29 is 13.2 Å². The van der Waals surface area contributed by atoms with Crippen molar-refractivity contribution in [3.8, 4) is 0 Å². The summed E-state index contributed by atoms with van der Waals surface area (Å²) in [6.07, 6.45) is 0.515. The molecule has 98 valence electrons. The van der Waals surface area contributed by atoms with E-state index in [2.05, 4.69) is 10.6 Å². The van der Waals surface area contributed by atoms with Crippen molar-refractivity contribution in [2.24, 2.45) is 0 Å². The van der Waals surface area contributed by atoms with Gasteiger partial charge in [-0.25, -0.2) is 8.42 Å². The van der Waals surface area contributed by atoms with E-state index < -0.39 is 15.4 Å². The van der Waals surface area contributed by atoms with Crippen LogP contribution in [-0.4, -0.2) is 55.5 Å². The van der Waals surface area contributed by atoms with Gasteiger partial charge in [0.25, 0.3) is 0 Å². The Bertz CT molecular complexity index is 404. The fraction of sp³-hybridized carbons (Fsp3) is 0.900. The van der Waals surface area contributed by atoms with Gasteiger partial charge in [-0.05, 0) is 13.3 Å². The number of hydrogen-bond acceptors (Lipinski definition) is 5. The highest BCUT2D eigenvalue weighted by molar-refractivity contribution is 7.99. The number of thioether (sulfide) groups is 1. The monoisotopic (exact) mass is 278 g/mol. The molecule has 1 amide bonds. The zero-order chi connectivity index (χ0) is 12.5. The normalized spacial score (nSPS) is 36.6. The molecule has 2 heterocycles. The predicted octanol–water partition coefficient (Wildman–Crippen LogP) is -0.615. The minimum absolute atomic E-state index is 0.0611. The highest BCUT2D eigenvalue weighted by Crippen LogP contribution is 2.23. The summed E-state index contributed by atoms with van der Waals surface area (Å²) >= 11 is 1.75. The summed E-state index contributed by atoms with van der Waals surface area (Å²) in [5.41, 5.74) is -0.584. The minimum Gasteiger partial charge on any atom is -0.349 e. The molecule has 0 aromatic rings. The average Bonchev–Trinajstić information content (AvgIpc) is 2.54.